The Bertz CT molecular complexity index is 1680. The van der Waals surface area contributed by atoms with Gasteiger partial charge < -0.3 is 15.4 Å². The molecule has 0 radical (unpaired) electrons. The predicted molar refractivity (Wildman–Crippen MR) is 160 cm³/mol. The first kappa shape index (κ1) is 31.0. The lowest BCUT2D eigenvalue weighted by atomic mass is 10.1. The SMILES string of the molecule is O=C(NCc1ccc(S(=O)(=O)N2CCC(Nc3cccc(S(=O)(=O)N4CCOCC4)c3)CC2)s1)c1ccc([N+](=O)[O-])cc1. The second kappa shape index (κ2) is 13.1. The highest BCUT2D eigenvalue weighted by Gasteiger charge is 2.31. The van der Waals surface area contributed by atoms with E-state index in [1.54, 1.807) is 30.3 Å². The number of amides is 1. The van der Waals surface area contributed by atoms with Gasteiger partial charge in [0.05, 0.1) is 29.6 Å². The van der Waals surface area contributed by atoms with Crippen molar-refractivity contribution in [2.75, 3.05) is 44.7 Å². The van der Waals surface area contributed by atoms with Crippen LogP contribution in [0.15, 0.2) is 69.8 Å². The van der Waals surface area contributed by atoms with E-state index < -0.39 is 30.9 Å². The van der Waals surface area contributed by atoms with E-state index in [-0.39, 0.29) is 32.9 Å². The Morgan fingerprint density at radius 1 is 0.930 bits per heavy atom. The number of hydrogen-bond donors (Lipinski definition) is 2. The summed E-state index contributed by atoms with van der Waals surface area (Å²) in [6, 6.07) is 15.0. The number of hydrogen-bond acceptors (Lipinski definition) is 10. The topological polar surface area (TPSA) is 168 Å². The highest BCUT2D eigenvalue weighted by molar-refractivity contribution is 7.91. The molecule has 5 rings (SSSR count). The fourth-order valence-corrected chi connectivity index (χ4v) is 9.26. The van der Waals surface area contributed by atoms with Crippen LogP contribution in [0.25, 0.3) is 0 Å². The summed E-state index contributed by atoms with van der Waals surface area (Å²) in [5, 5.41) is 16.9. The third kappa shape index (κ3) is 7.22. The number of morpholine rings is 1. The minimum absolute atomic E-state index is 0.0266. The molecule has 1 aromatic heterocycles. The van der Waals surface area contributed by atoms with Gasteiger partial charge in [-0.25, -0.2) is 16.8 Å². The largest absolute Gasteiger partial charge is 0.382 e. The zero-order chi connectivity index (χ0) is 30.6. The van der Waals surface area contributed by atoms with E-state index in [1.165, 1.54) is 38.9 Å². The first-order chi connectivity index (χ1) is 20.5. The number of benzene rings is 2. The maximum atomic E-state index is 13.3. The number of nitrogens with one attached hydrogen (secondary N) is 2. The van der Waals surface area contributed by atoms with Gasteiger partial charge in [-0.2, -0.15) is 8.61 Å². The van der Waals surface area contributed by atoms with Crippen LogP contribution in [0.3, 0.4) is 0 Å². The number of anilines is 1. The van der Waals surface area contributed by atoms with Gasteiger partial charge in [-0.15, -0.1) is 11.3 Å². The molecule has 0 saturated carbocycles. The van der Waals surface area contributed by atoms with Crippen LogP contribution in [0.2, 0.25) is 0 Å². The van der Waals surface area contributed by atoms with Gasteiger partial charge in [0.25, 0.3) is 21.6 Å². The molecule has 0 unspecified atom stereocenters. The Kier molecular flexibility index (Phi) is 9.43. The fourth-order valence-electron chi connectivity index (χ4n) is 4.88. The van der Waals surface area contributed by atoms with Gasteiger partial charge in [-0.1, -0.05) is 6.07 Å². The van der Waals surface area contributed by atoms with Crippen LogP contribution in [0.4, 0.5) is 11.4 Å². The molecule has 2 aliphatic heterocycles. The lowest BCUT2D eigenvalue weighted by molar-refractivity contribution is -0.384. The number of ether oxygens (including phenoxy) is 1. The number of nitro benzene ring substituents is 1. The molecular weight excluding hydrogens is 619 g/mol. The molecule has 3 heterocycles. The van der Waals surface area contributed by atoms with E-state index >= 15 is 0 Å². The van der Waals surface area contributed by atoms with Crippen molar-refractivity contribution in [1.82, 2.24) is 13.9 Å². The number of sulfonamides is 2. The maximum absolute atomic E-state index is 13.3. The third-order valence-corrected chi connectivity index (χ3v) is 12.6. The van der Waals surface area contributed by atoms with Crippen molar-refractivity contribution in [2.45, 2.75) is 34.5 Å². The number of carbonyl (C=O) groups excluding carboxylic acids is 1. The van der Waals surface area contributed by atoms with Crippen molar-refractivity contribution in [3.05, 3.63) is 81.2 Å². The van der Waals surface area contributed by atoms with Crippen molar-refractivity contribution in [3.63, 3.8) is 0 Å². The number of thiophene rings is 1. The smallest absolute Gasteiger partial charge is 0.269 e. The Hall–Kier alpha value is -3.41. The predicted octanol–water partition coefficient (Wildman–Crippen LogP) is 2.87. The van der Waals surface area contributed by atoms with Gasteiger partial charge in [-0.3, -0.25) is 14.9 Å². The van der Waals surface area contributed by atoms with Gasteiger partial charge in [-0.05, 0) is 55.3 Å². The molecule has 230 valence electrons. The van der Waals surface area contributed by atoms with E-state index in [9.17, 15) is 31.7 Å². The average molecular weight is 650 g/mol. The van der Waals surface area contributed by atoms with Crippen LogP contribution in [-0.4, -0.2) is 81.7 Å². The highest BCUT2D eigenvalue weighted by atomic mass is 32.2. The average Bonchev–Trinajstić information content (AvgIpc) is 3.51. The van der Waals surface area contributed by atoms with Gasteiger partial charge in [0.15, 0.2) is 0 Å². The molecule has 0 aliphatic carbocycles. The van der Waals surface area contributed by atoms with Gasteiger partial charge in [0, 0.05) is 60.5 Å². The zero-order valence-corrected chi connectivity index (χ0v) is 25.5. The number of nitrogens with zero attached hydrogens (tertiary/aromatic N) is 3. The second-order valence-electron chi connectivity index (χ2n) is 10.1. The van der Waals surface area contributed by atoms with Crippen LogP contribution in [0.5, 0.6) is 0 Å². The summed E-state index contributed by atoms with van der Waals surface area (Å²) in [5.74, 6) is -0.425. The minimum atomic E-state index is -3.73. The molecule has 2 fully saturated rings. The first-order valence-electron chi connectivity index (χ1n) is 13.6. The summed E-state index contributed by atoms with van der Waals surface area (Å²) in [5.41, 5.74) is 0.805. The molecule has 2 N–H and O–H groups in total. The first-order valence-corrected chi connectivity index (χ1v) is 17.3. The molecule has 43 heavy (non-hydrogen) atoms. The summed E-state index contributed by atoms with van der Waals surface area (Å²) >= 11 is 1.08. The molecule has 0 spiro atoms. The zero-order valence-electron chi connectivity index (χ0n) is 23.0. The monoisotopic (exact) mass is 649 g/mol. The van der Waals surface area contributed by atoms with Gasteiger partial charge in [0.2, 0.25) is 10.0 Å². The minimum Gasteiger partial charge on any atom is -0.382 e. The lowest BCUT2D eigenvalue weighted by Gasteiger charge is -2.32. The van der Waals surface area contributed by atoms with Crippen LogP contribution in [0, 0.1) is 10.1 Å². The Labute approximate surface area is 253 Å². The molecule has 13 nitrogen and oxygen atoms in total. The van der Waals surface area contributed by atoms with Crippen LogP contribution >= 0.6 is 11.3 Å². The maximum Gasteiger partial charge on any atom is 0.269 e. The molecule has 16 heteroatoms. The lowest BCUT2D eigenvalue weighted by Crippen LogP contribution is -2.42. The van der Waals surface area contributed by atoms with Crippen molar-refractivity contribution >= 4 is 48.7 Å². The molecule has 3 aromatic rings. The number of non-ortho nitro benzene ring substituents is 1. The van der Waals surface area contributed by atoms with Gasteiger partial charge in [0.1, 0.15) is 4.21 Å². The van der Waals surface area contributed by atoms with Crippen LogP contribution < -0.4 is 10.6 Å². The van der Waals surface area contributed by atoms with E-state index in [0.717, 1.165) is 11.3 Å². The summed E-state index contributed by atoms with van der Waals surface area (Å²) < 4.78 is 61.0. The summed E-state index contributed by atoms with van der Waals surface area (Å²) in [4.78, 5) is 23.5. The van der Waals surface area contributed by atoms with Crippen LogP contribution in [0.1, 0.15) is 28.1 Å². The van der Waals surface area contributed by atoms with E-state index in [2.05, 4.69) is 10.6 Å². The molecule has 1 amide bonds. The summed E-state index contributed by atoms with van der Waals surface area (Å²) in [7, 11) is -7.36. The normalized spacial score (nSPS) is 17.4. The number of rotatable bonds is 10. The molecule has 2 aromatic carbocycles. The summed E-state index contributed by atoms with van der Waals surface area (Å²) in [6.07, 6.45) is 1.09. The third-order valence-electron chi connectivity index (χ3n) is 7.26. The number of nitro groups is 1. The molecule has 0 bridgehead atoms. The Morgan fingerprint density at radius 3 is 2.28 bits per heavy atom. The van der Waals surface area contributed by atoms with E-state index in [4.69, 9.17) is 4.74 Å². The molecule has 2 aliphatic rings. The van der Waals surface area contributed by atoms with Crippen molar-refractivity contribution < 1.29 is 31.3 Å². The number of piperidine rings is 1. The van der Waals surface area contributed by atoms with Crippen LogP contribution in [-0.2, 0) is 31.3 Å². The second-order valence-corrected chi connectivity index (χ2v) is 15.3. The standard InChI is InChI=1S/C27H31N5O8S3/c33-27(20-4-6-23(7-5-20)32(34)35)28-19-24-8-9-26(41-24)43(38,39)30-12-10-21(11-13-30)29-22-2-1-3-25(18-22)42(36,37)31-14-16-40-17-15-31/h1-9,18,21,29H,10-17,19H2,(H,28,33). The summed E-state index contributed by atoms with van der Waals surface area (Å²) in [6.45, 7) is 2.08. The van der Waals surface area contributed by atoms with E-state index in [0.29, 0.717) is 62.8 Å². The molecular formula is C27H31N5O8S3. The van der Waals surface area contributed by atoms with Crippen molar-refractivity contribution in [1.29, 1.82) is 0 Å². The Balaban J connectivity index is 1.14. The fraction of sp³-hybridized carbons (Fsp3) is 0.370. The van der Waals surface area contributed by atoms with Gasteiger partial charge >= 0.3 is 0 Å². The molecule has 2 saturated heterocycles. The number of carbonyl (C=O) groups is 1. The van der Waals surface area contributed by atoms with Crippen molar-refractivity contribution in [2.24, 2.45) is 0 Å². The van der Waals surface area contributed by atoms with Crippen molar-refractivity contribution in [3.8, 4) is 0 Å². The highest BCUT2D eigenvalue weighted by Crippen LogP contribution is 2.29. The Morgan fingerprint density at radius 2 is 1.60 bits per heavy atom. The molecule has 0 atom stereocenters. The van der Waals surface area contributed by atoms with E-state index in [1.807, 2.05) is 0 Å². The quantitative estimate of drug-likeness (QED) is 0.248.